The zero-order valence-corrected chi connectivity index (χ0v) is 15.1. The van der Waals surface area contributed by atoms with Crippen LogP contribution in [0, 0.1) is 5.41 Å². The summed E-state index contributed by atoms with van der Waals surface area (Å²) in [6.07, 6.45) is 2.94. The zero-order valence-electron chi connectivity index (χ0n) is 15.1. The van der Waals surface area contributed by atoms with Gasteiger partial charge in [0.1, 0.15) is 12.9 Å². The van der Waals surface area contributed by atoms with Crippen molar-refractivity contribution in [3.63, 3.8) is 0 Å². The maximum Gasteiger partial charge on any atom is 0.244 e. The van der Waals surface area contributed by atoms with Gasteiger partial charge in [0, 0.05) is 31.6 Å². The Morgan fingerprint density at radius 1 is 1.16 bits per heavy atom. The van der Waals surface area contributed by atoms with Gasteiger partial charge in [-0.3, -0.25) is 9.59 Å². The largest absolute Gasteiger partial charge is 0.371 e. The van der Waals surface area contributed by atoms with Gasteiger partial charge in [0.25, 0.3) is 0 Å². The van der Waals surface area contributed by atoms with Gasteiger partial charge >= 0.3 is 0 Å². The highest BCUT2D eigenvalue weighted by Crippen LogP contribution is 2.32. The van der Waals surface area contributed by atoms with E-state index in [9.17, 15) is 9.59 Å². The zero-order chi connectivity index (χ0) is 18.1. The van der Waals surface area contributed by atoms with Crippen LogP contribution < -0.4 is 0 Å². The van der Waals surface area contributed by atoms with Gasteiger partial charge in [0.15, 0.2) is 0 Å². The molecule has 2 aliphatic rings. The summed E-state index contributed by atoms with van der Waals surface area (Å²) < 4.78 is 7.48. The first-order chi connectivity index (χ1) is 11.8. The minimum Gasteiger partial charge on any atom is -0.371 e. The smallest absolute Gasteiger partial charge is 0.244 e. The van der Waals surface area contributed by atoms with Crippen LogP contribution in [0.4, 0.5) is 0 Å². The number of hydrogen-bond donors (Lipinski definition) is 0. The average Bonchev–Trinajstić information content (AvgIpc) is 3.07. The average molecular weight is 350 g/mol. The van der Waals surface area contributed by atoms with Crippen LogP contribution >= 0.6 is 0 Å². The third-order valence-corrected chi connectivity index (χ3v) is 4.89. The number of likely N-dealkylation sites (tertiary alicyclic amines) is 1. The second kappa shape index (κ2) is 6.70. The van der Waals surface area contributed by atoms with Crippen molar-refractivity contribution in [2.45, 2.75) is 45.8 Å². The van der Waals surface area contributed by atoms with Crippen molar-refractivity contribution in [1.29, 1.82) is 0 Å². The van der Waals surface area contributed by atoms with E-state index >= 15 is 0 Å². The number of carbonyl (C=O) groups is 2. The van der Waals surface area contributed by atoms with E-state index in [-0.39, 0.29) is 29.4 Å². The molecule has 0 saturated carbocycles. The van der Waals surface area contributed by atoms with Crippen LogP contribution in [0.5, 0.6) is 0 Å². The quantitative estimate of drug-likeness (QED) is 0.742. The molecule has 2 saturated heterocycles. The molecule has 0 bridgehead atoms. The Hall–Kier alpha value is -2.03. The fourth-order valence-electron chi connectivity index (χ4n) is 3.44. The first kappa shape index (κ1) is 17.8. The summed E-state index contributed by atoms with van der Waals surface area (Å²) in [4.78, 5) is 28.7. The molecule has 1 aromatic rings. The maximum absolute atomic E-state index is 12.5. The van der Waals surface area contributed by atoms with Crippen LogP contribution in [0.3, 0.4) is 0 Å². The lowest BCUT2D eigenvalue weighted by molar-refractivity contribution is -0.165. The number of carbonyl (C=O) groups excluding carboxylic acids is 2. The highest BCUT2D eigenvalue weighted by atomic mass is 16.5. The lowest BCUT2D eigenvalue weighted by Gasteiger charge is -2.48. The summed E-state index contributed by atoms with van der Waals surface area (Å²) in [6, 6.07) is 0. The molecule has 0 atom stereocenters. The van der Waals surface area contributed by atoms with Crippen LogP contribution in [-0.2, 0) is 20.9 Å². The molecule has 0 radical (unpaired) electrons. The van der Waals surface area contributed by atoms with Gasteiger partial charge in [0.2, 0.25) is 11.8 Å². The summed E-state index contributed by atoms with van der Waals surface area (Å²) in [5.74, 6) is 0.160. The Kier molecular flexibility index (Phi) is 4.77. The molecule has 138 valence electrons. The van der Waals surface area contributed by atoms with E-state index < -0.39 is 0 Å². The summed E-state index contributed by atoms with van der Waals surface area (Å²) in [7, 11) is 0. The van der Waals surface area contributed by atoms with E-state index in [0.717, 1.165) is 12.8 Å². The first-order valence-electron chi connectivity index (χ1n) is 8.71. The maximum atomic E-state index is 12.5. The summed E-state index contributed by atoms with van der Waals surface area (Å²) in [6.45, 7) is 8.96. The Labute approximate surface area is 147 Å². The number of nitrogens with zero attached hydrogens (tertiary/aromatic N) is 6. The number of piperidine rings is 1. The fourth-order valence-corrected chi connectivity index (χ4v) is 3.44. The first-order valence-corrected chi connectivity index (χ1v) is 8.71. The number of amides is 2. The van der Waals surface area contributed by atoms with Crippen LogP contribution in [-0.4, -0.2) is 80.2 Å². The third-order valence-electron chi connectivity index (χ3n) is 4.89. The van der Waals surface area contributed by atoms with Gasteiger partial charge < -0.3 is 14.5 Å². The van der Waals surface area contributed by atoms with Gasteiger partial charge in [-0.05, 0) is 23.3 Å². The minimum absolute atomic E-state index is 0.0110. The molecule has 3 rings (SSSR count). The van der Waals surface area contributed by atoms with Crippen LogP contribution in [0.15, 0.2) is 6.33 Å². The molecule has 1 spiro atoms. The van der Waals surface area contributed by atoms with Gasteiger partial charge in [0.05, 0.1) is 12.2 Å². The lowest BCUT2D eigenvalue weighted by Crippen LogP contribution is -2.59. The molecule has 1 aromatic heterocycles. The normalized spacial score (nSPS) is 20.8. The van der Waals surface area contributed by atoms with E-state index in [2.05, 4.69) is 15.5 Å². The second-order valence-corrected chi connectivity index (χ2v) is 7.90. The van der Waals surface area contributed by atoms with Crippen molar-refractivity contribution in [1.82, 2.24) is 30.0 Å². The number of aromatic nitrogens is 4. The fraction of sp³-hybridized carbons (Fsp3) is 0.812. The molecule has 2 fully saturated rings. The van der Waals surface area contributed by atoms with Crippen LogP contribution in [0.25, 0.3) is 0 Å². The highest BCUT2D eigenvalue weighted by molar-refractivity contribution is 5.81. The second-order valence-electron chi connectivity index (χ2n) is 7.90. The monoisotopic (exact) mass is 350 g/mol. The lowest BCUT2D eigenvalue weighted by atomic mass is 9.87. The van der Waals surface area contributed by atoms with Crippen molar-refractivity contribution in [3.05, 3.63) is 6.33 Å². The molecule has 25 heavy (non-hydrogen) atoms. The van der Waals surface area contributed by atoms with Gasteiger partial charge in [-0.25, -0.2) is 4.68 Å². The molecule has 2 amide bonds. The van der Waals surface area contributed by atoms with Gasteiger partial charge in [-0.1, -0.05) is 20.8 Å². The molecule has 9 nitrogen and oxygen atoms in total. The van der Waals surface area contributed by atoms with Crippen molar-refractivity contribution in [3.8, 4) is 0 Å². The Balaban J connectivity index is 1.58. The van der Waals surface area contributed by atoms with Gasteiger partial charge in [-0.2, -0.15) is 0 Å². The molecule has 2 aliphatic heterocycles. The standard InChI is InChI=1S/C16H26N6O3/c1-15(2,3)14(24)20-6-4-16(5-7-20)11-21(8-9-25-16)13(23)10-22-12-17-18-19-22/h12H,4-11H2,1-3H3. The number of tetrazole rings is 1. The molecule has 0 N–H and O–H groups in total. The Morgan fingerprint density at radius 2 is 1.88 bits per heavy atom. The Morgan fingerprint density at radius 3 is 2.48 bits per heavy atom. The van der Waals surface area contributed by atoms with Gasteiger partial charge in [-0.15, -0.1) is 5.10 Å². The third kappa shape index (κ3) is 3.97. The van der Waals surface area contributed by atoms with Crippen molar-refractivity contribution in [2.24, 2.45) is 5.41 Å². The topological polar surface area (TPSA) is 93.5 Å². The number of ether oxygens (including phenoxy) is 1. The Bertz CT molecular complexity index is 616. The number of rotatable bonds is 2. The van der Waals surface area contributed by atoms with Crippen molar-refractivity contribution in [2.75, 3.05) is 32.8 Å². The highest BCUT2D eigenvalue weighted by Gasteiger charge is 2.42. The molecule has 0 unspecified atom stereocenters. The predicted molar refractivity (Wildman–Crippen MR) is 88.3 cm³/mol. The van der Waals surface area contributed by atoms with Crippen molar-refractivity contribution >= 4 is 11.8 Å². The van der Waals surface area contributed by atoms with E-state index in [1.54, 1.807) is 0 Å². The number of morpholine rings is 1. The molecule has 0 aromatic carbocycles. The summed E-state index contributed by atoms with van der Waals surface area (Å²) >= 11 is 0. The SMILES string of the molecule is CC(C)(C)C(=O)N1CCC2(CC1)CN(C(=O)Cn1cnnn1)CCO2. The molecule has 0 aliphatic carbocycles. The van der Waals surface area contributed by atoms with E-state index in [0.29, 0.717) is 32.8 Å². The summed E-state index contributed by atoms with van der Waals surface area (Å²) in [5.41, 5.74) is -0.713. The molecule has 9 heteroatoms. The van der Waals surface area contributed by atoms with E-state index in [4.69, 9.17) is 4.74 Å². The molecule has 3 heterocycles. The summed E-state index contributed by atoms with van der Waals surface area (Å²) in [5, 5.41) is 10.8. The minimum atomic E-state index is -0.369. The van der Waals surface area contributed by atoms with Crippen LogP contribution in [0.1, 0.15) is 33.6 Å². The van der Waals surface area contributed by atoms with Crippen LogP contribution in [0.2, 0.25) is 0 Å². The van der Waals surface area contributed by atoms with E-state index in [1.165, 1.54) is 11.0 Å². The molecular weight excluding hydrogens is 324 g/mol. The molecular formula is C16H26N6O3. The predicted octanol–water partition coefficient (Wildman–Crippen LogP) is -0.0608. The number of hydrogen-bond acceptors (Lipinski definition) is 6. The van der Waals surface area contributed by atoms with Crippen molar-refractivity contribution < 1.29 is 14.3 Å². The van der Waals surface area contributed by atoms with E-state index in [1.807, 2.05) is 30.6 Å².